The van der Waals surface area contributed by atoms with Crippen LogP contribution in [0.1, 0.15) is 19.9 Å². The number of nitrogens with zero attached hydrogens (tertiary/aromatic N) is 4. The maximum absolute atomic E-state index is 6.67. The van der Waals surface area contributed by atoms with Crippen LogP contribution in [0.5, 0.6) is 0 Å². The fourth-order valence-corrected chi connectivity index (χ4v) is 0.636. The second kappa shape index (κ2) is 2.58. The zero-order valence-corrected chi connectivity index (χ0v) is 6.44. The molecule has 58 valence electrons. The van der Waals surface area contributed by atoms with Gasteiger partial charge >= 0.3 is 5.82 Å². The highest BCUT2D eigenvalue weighted by Gasteiger charge is 2.10. The fraction of sp³-hybridized carbons (Fsp3) is 0.500. The molecule has 0 aliphatic heterocycles. The Kier molecular flexibility index (Phi) is 1.77. The maximum Gasteiger partial charge on any atom is 0.339 e. The normalized spacial score (nSPS) is 10.0. The molecule has 0 fully saturated rings. The molecule has 1 rings (SSSR count). The van der Waals surface area contributed by atoms with Gasteiger partial charge in [0.05, 0.1) is 6.04 Å². The van der Waals surface area contributed by atoms with Gasteiger partial charge in [-0.2, -0.15) is 0 Å². The maximum atomic E-state index is 6.67. The van der Waals surface area contributed by atoms with E-state index < -0.39 is 0 Å². The van der Waals surface area contributed by atoms with E-state index in [0.29, 0.717) is 0 Å². The SMILES string of the molecule is [C-]#[N+]c1nn(C(C)C)nc1N. The van der Waals surface area contributed by atoms with E-state index in [2.05, 4.69) is 15.0 Å². The zero-order chi connectivity index (χ0) is 8.43. The van der Waals surface area contributed by atoms with Gasteiger partial charge in [-0.1, -0.05) is 6.57 Å². The number of nitrogens with two attached hydrogens (primary N) is 1. The minimum atomic E-state index is 0.146. The summed E-state index contributed by atoms with van der Waals surface area (Å²) in [5.41, 5.74) is 5.38. The van der Waals surface area contributed by atoms with Crippen LogP contribution < -0.4 is 5.73 Å². The minimum Gasteiger partial charge on any atom is -0.389 e. The molecule has 0 unspecified atom stereocenters. The summed E-state index contributed by atoms with van der Waals surface area (Å²) < 4.78 is 0. The second-order valence-corrected chi connectivity index (χ2v) is 2.43. The van der Waals surface area contributed by atoms with Crippen LogP contribution in [0.25, 0.3) is 4.85 Å². The summed E-state index contributed by atoms with van der Waals surface area (Å²) in [6.07, 6.45) is 0. The van der Waals surface area contributed by atoms with Crippen molar-refractivity contribution in [1.29, 1.82) is 0 Å². The molecule has 2 N–H and O–H groups in total. The third-order valence-electron chi connectivity index (χ3n) is 1.20. The van der Waals surface area contributed by atoms with Gasteiger partial charge in [0.25, 0.3) is 0 Å². The van der Waals surface area contributed by atoms with Gasteiger partial charge in [-0.25, -0.2) is 0 Å². The van der Waals surface area contributed by atoms with E-state index in [1.807, 2.05) is 13.8 Å². The van der Waals surface area contributed by atoms with E-state index in [4.69, 9.17) is 12.3 Å². The van der Waals surface area contributed by atoms with Crippen molar-refractivity contribution in [2.75, 3.05) is 5.73 Å². The van der Waals surface area contributed by atoms with E-state index in [0.717, 1.165) is 0 Å². The molecule has 0 atom stereocenters. The van der Waals surface area contributed by atoms with Crippen molar-refractivity contribution >= 4 is 11.6 Å². The molecule has 5 heteroatoms. The third kappa shape index (κ3) is 1.29. The van der Waals surface area contributed by atoms with Crippen molar-refractivity contribution in [3.63, 3.8) is 0 Å². The summed E-state index contributed by atoms with van der Waals surface area (Å²) in [7, 11) is 0. The Hall–Kier alpha value is -1.57. The average molecular weight is 151 g/mol. The first kappa shape index (κ1) is 7.54. The molecule has 1 aromatic heterocycles. The molecule has 1 heterocycles. The zero-order valence-electron chi connectivity index (χ0n) is 6.44. The molecule has 0 amide bonds. The summed E-state index contributed by atoms with van der Waals surface area (Å²) >= 11 is 0. The van der Waals surface area contributed by atoms with Crippen LogP contribution in [0, 0.1) is 6.57 Å². The van der Waals surface area contributed by atoms with Crippen LogP contribution in [0.4, 0.5) is 11.6 Å². The van der Waals surface area contributed by atoms with E-state index in [9.17, 15) is 0 Å². The number of anilines is 1. The van der Waals surface area contributed by atoms with Crippen molar-refractivity contribution in [3.8, 4) is 0 Å². The number of rotatable bonds is 1. The molecule has 0 aliphatic rings. The molecular weight excluding hydrogens is 142 g/mol. The summed E-state index contributed by atoms with van der Waals surface area (Å²) in [6, 6.07) is 0.146. The monoisotopic (exact) mass is 151 g/mol. The molecule has 0 aliphatic carbocycles. The van der Waals surface area contributed by atoms with Gasteiger partial charge in [0.1, 0.15) is 0 Å². The smallest absolute Gasteiger partial charge is 0.339 e. The van der Waals surface area contributed by atoms with Crippen molar-refractivity contribution in [2.24, 2.45) is 0 Å². The van der Waals surface area contributed by atoms with Gasteiger partial charge in [0.15, 0.2) is 5.82 Å². The molecule has 0 radical (unpaired) electrons. The van der Waals surface area contributed by atoms with Gasteiger partial charge in [-0.3, -0.25) is 0 Å². The molecule has 0 saturated heterocycles. The number of hydrogen-bond donors (Lipinski definition) is 1. The van der Waals surface area contributed by atoms with Crippen LogP contribution in [-0.4, -0.2) is 15.0 Å². The molecular formula is C6H9N5. The summed E-state index contributed by atoms with van der Waals surface area (Å²) in [6.45, 7) is 10.5. The highest BCUT2D eigenvalue weighted by molar-refractivity contribution is 5.55. The Morgan fingerprint density at radius 3 is 2.45 bits per heavy atom. The summed E-state index contributed by atoms with van der Waals surface area (Å²) in [5, 5.41) is 7.70. The van der Waals surface area contributed by atoms with Crippen LogP contribution in [0.2, 0.25) is 0 Å². The lowest BCUT2D eigenvalue weighted by atomic mass is 10.4. The summed E-state index contributed by atoms with van der Waals surface area (Å²) in [5.74, 6) is 0.382. The largest absolute Gasteiger partial charge is 0.389 e. The lowest BCUT2D eigenvalue weighted by Crippen LogP contribution is -2.04. The number of hydrogen-bond acceptors (Lipinski definition) is 3. The number of nitrogen functional groups attached to an aromatic ring is 1. The molecule has 0 spiro atoms. The van der Waals surface area contributed by atoms with E-state index in [-0.39, 0.29) is 17.7 Å². The predicted molar refractivity (Wildman–Crippen MR) is 41.1 cm³/mol. The first-order valence-electron chi connectivity index (χ1n) is 3.25. The van der Waals surface area contributed by atoms with Gasteiger partial charge in [0, 0.05) is 0 Å². The molecule has 5 nitrogen and oxygen atoms in total. The minimum absolute atomic E-state index is 0.146. The molecule has 0 saturated carbocycles. The third-order valence-corrected chi connectivity index (χ3v) is 1.20. The lowest BCUT2D eigenvalue weighted by molar-refractivity contribution is 0.469. The standard InChI is InChI=1S/C6H9N5/c1-4(2)11-9-5(7)6(8-3)10-11/h4H,1-2H3,(H2,7,9). The van der Waals surface area contributed by atoms with Crippen LogP contribution in [0.15, 0.2) is 0 Å². The van der Waals surface area contributed by atoms with Crippen molar-refractivity contribution in [3.05, 3.63) is 11.4 Å². The number of aromatic nitrogens is 3. The highest BCUT2D eigenvalue weighted by atomic mass is 15.5. The fourth-order valence-electron chi connectivity index (χ4n) is 0.636. The van der Waals surface area contributed by atoms with Crippen LogP contribution in [0.3, 0.4) is 0 Å². The summed E-state index contributed by atoms with van der Waals surface area (Å²) in [4.78, 5) is 4.54. The Balaban J connectivity index is 3.07. The van der Waals surface area contributed by atoms with Crippen molar-refractivity contribution < 1.29 is 0 Å². The topological polar surface area (TPSA) is 61.1 Å². The highest BCUT2D eigenvalue weighted by Crippen LogP contribution is 2.16. The predicted octanol–water partition coefficient (Wildman–Crippen LogP) is 0.992. The van der Waals surface area contributed by atoms with Gasteiger partial charge in [-0.05, 0) is 18.9 Å². The first-order chi connectivity index (χ1) is 5.15. The molecule has 0 bridgehead atoms. The lowest BCUT2D eigenvalue weighted by Gasteiger charge is -1.95. The van der Waals surface area contributed by atoms with Crippen molar-refractivity contribution in [1.82, 2.24) is 15.0 Å². The Morgan fingerprint density at radius 2 is 2.18 bits per heavy atom. The molecule has 0 aromatic carbocycles. The van der Waals surface area contributed by atoms with Gasteiger partial charge in [0.2, 0.25) is 0 Å². The van der Waals surface area contributed by atoms with Gasteiger partial charge in [-0.15, -0.1) is 9.90 Å². The van der Waals surface area contributed by atoms with E-state index in [1.165, 1.54) is 4.80 Å². The Bertz CT molecular complexity index is 292. The van der Waals surface area contributed by atoms with Crippen molar-refractivity contribution in [2.45, 2.75) is 19.9 Å². The van der Waals surface area contributed by atoms with Crippen LogP contribution in [-0.2, 0) is 0 Å². The van der Waals surface area contributed by atoms with E-state index in [1.54, 1.807) is 0 Å². The Labute approximate surface area is 64.6 Å². The van der Waals surface area contributed by atoms with Gasteiger partial charge < -0.3 is 10.6 Å². The molecule has 1 aromatic rings. The second-order valence-electron chi connectivity index (χ2n) is 2.43. The van der Waals surface area contributed by atoms with E-state index >= 15 is 0 Å². The van der Waals surface area contributed by atoms with Crippen LogP contribution >= 0.6 is 0 Å². The quantitative estimate of drug-likeness (QED) is 0.609. The Morgan fingerprint density at radius 1 is 1.55 bits per heavy atom. The molecule has 11 heavy (non-hydrogen) atoms. The first-order valence-corrected chi connectivity index (χ1v) is 3.25. The average Bonchev–Trinajstić information content (AvgIpc) is 2.31.